The first-order valence-corrected chi connectivity index (χ1v) is 11.2. The Balaban J connectivity index is 1.27. The summed E-state index contributed by atoms with van der Waals surface area (Å²) in [5.41, 5.74) is 2.47. The first-order chi connectivity index (χ1) is 16.1. The Morgan fingerprint density at radius 3 is 2.58 bits per heavy atom. The number of carbonyl (C=O) groups is 1. The first kappa shape index (κ1) is 22.5. The van der Waals surface area contributed by atoms with Crippen molar-refractivity contribution in [2.45, 2.75) is 32.3 Å². The van der Waals surface area contributed by atoms with Crippen LogP contribution in [0, 0.1) is 6.92 Å². The zero-order chi connectivity index (χ0) is 23.0. The third-order valence-electron chi connectivity index (χ3n) is 5.70. The Bertz CT molecular complexity index is 1050. The van der Waals surface area contributed by atoms with Crippen LogP contribution in [0.25, 0.3) is 0 Å². The van der Waals surface area contributed by atoms with Crippen LogP contribution in [-0.4, -0.2) is 53.9 Å². The number of methoxy groups -OCH3 is 1. The largest absolute Gasteiger partial charge is 0.489 e. The van der Waals surface area contributed by atoms with Crippen LogP contribution in [0.3, 0.4) is 0 Å². The summed E-state index contributed by atoms with van der Waals surface area (Å²) in [5, 5.41) is 11.5. The number of benzene rings is 1. The zero-order valence-electron chi connectivity index (χ0n) is 19.0. The Morgan fingerprint density at radius 1 is 1.12 bits per heavy atom. The zero-order valence-corrected chi connectivity index (χ0v) is 19.0. The molecule has 1 saturated heterocycles. The molecule has 172 valence electrons. The maximum atomic E-state index is 12.5. The molecule has 2 aromatic heterocycles. The van der Waals surface area contributed by atoms with Gasteiger partial charge in [-0.25, -0.2) is 4.98 Å². The molecular weight excluding hydrogens is 418 g/mol. The van der Waals surface area contributed by atoms with Crippen molar-refractivity contribution in [2.24, 2.45) is 0 Å². The van der Waals surface area contributed by atoms with Gasteiger partial charge in [-0.15, -0.1) is 10.2 Å². The number of carbonyl (C=O) groups excluding carboxylic acids is 1. The van der Waals surface area contributed by atoms with Gasteiger partial charge in [0.1, 0.15) is 11.9 Å². The summed E-state index contributed by atoms with van der Waals surface area (Å²) in [6, 6.07) is 15.5. The van der Waals surface area contributed by atoms with Crippen LogP contribution in [0.5, 0.6) is 11.6 Å². The molecule has 3 heterocycles. The van der Waals surface area contributed by atoms with Crippen molar-refractivity contribution in [3.05, 3.63) is 71.5 Å². The minimum Gasteiger partial charge on any atom is -0.489 e. The van der Waals surface area contributed by atoms with E-state index >= 15 is 0 Å². The molecule has 0 atom stereocenters. The minimum absolute atomic E-state index is 0.124. The number of rotatable bonds is 8. The monoisotopic (exact) mass is 447 g/mol. The topological polar surface area (TPSA) is 89.5 Å². The smallest absolute Gasteiger partial charge is 0.271 e. The summed E-state index contributed by atoms with van der Waals surface area (Å²) in [6.07, 6.45) is 4.33. The minimum atomic E-state index is -0.201. The Hall–Kier alpha value is -3.68. The van der Waals surface area contributed by atoms with E-state index in [1.165, 1.54) is 5.56 Å². The molecule has 0 saturated carbocycles. The highest BCUT2D eigenvalue weighted by Gasteiger charge is 2.23. The Morgan fingerprint density at radius 2 is 1.91 bits per heavy atom. The van der Waals surface area contributed by atoms with E-state index in [1.54, 1.807) is 19.4 Å². The summed E-state index contributed by atoms with van der Waals surface area (Å²) in [5.74, 6) is 1.93. The second-order valence-corrected chi connectivity index (χ2v) is 8.07. The number of piperidine rings is 1. The lowest BCUT2D eigenvalue weighted by Crippen LogP contribution is -2.39. The number of hydrogen-bond donors (Lipinski definition) is 1. The van der Waals surface area contributed by atoms with Gasteiger partial charge >= 0.3 is 0 Å². The van der Waals surface area contributed by atoms with Crippen LogP contribution in [0.2, 0.25) is 0 Å². The van der Waals surface area contributed by atoms with Gasteiger partial charge in [0, 0.05) is 38.5 Å². The maximum absolute atomic E-state index is 12.5. The molecule has 4 rings (SSSR count). The molecule has 0 unspecified atom stereocenters. The number of aromatic nitrogens is 3. The fourth-order valence-electron chi connectivity index (χ4n) is 3.89. The highest BCUT2D eigenvalue weighted by molar-refractivity contribution is 5.92. The fourth-order valence-corrected chi connectivity index (χ4v) is 3.89. The van der Waals surface area contributed by atoms with Crippen LogP contribution in [0.4, 0.5) is 5.82 Å². The standard InChI is InChI=1S/C25H29N5O3/c1-18-16-22(25(31)26-13-10-19-6-4-3-5-7-19)28-29-24(18)30-14-11-20(12-15-30)33-21-8-9-23(32-2)27-17-21/h3-9,16-17,20H,10-15H2,1-2H3,(H,26,31). The molecule has 1 aliphatic rings. The predicted molar refractivity (Wildman–Crippen MR) is 126 cm³/mol. The lowest BCUT2D eigenvalue weighted by Gasteiger charge is -2.33. The average molecular weight is 448 g/mol. The lowest BCUT2D eigenvalue weighted by atomic mass is 10.1. The van der Waals surface area contributed by atoms with Crippen molar-refractivity contribution in [1.29, 1.82) is 0 Å². The highest BCUT2D eigenvalue weighted by atomic mass is 16.5. The molecule has 8 heteroatoms. The third kappa shape index (κ3) is 5.97. The second-order valence-electron chi connectivity index (χ2n) is 8.07. The number of nitrogens with zero attached hydrogens (tertiary/aromatic N) is 4. The maximum Gasteiger partial charge on any atom is 0.271 e. The van der Waals surface area contributed by atoms with Crippen molar-refractivity contribution in [3.8, 4) is 11.6 Å². The Labute approximate surface area is 194 Å². The summed E-state index contributed by atoms with van der Waals surface area (Å²) in [4.78, 5) is 18.9. The molecule has 0 aliphatic carbocycles. The molecule has 0 spiro atoms. The molecule has 0 bridgehead atoms. The van der Waals surface area contributed by atoms with E-state index < -0.39 is 0 Å². The lowest BCUT2D eigenvalue weighted by molar-refractivity contribution is 0.0948. The number of anilines is 1. The normalized spacial score (nSPS) is 14.1. The number of aryl methyl sites for hydroxylation is 1. The van der Waals surface area contributed by atoms with Gasteiger partial charge in [-0.3, -0.25) is 4.79 Å². The summed E-state index contributed by atoms with van der Waals surface area (Å²) in [6.45, 7) is 4.15. The number of amides is 1. The molecule has 1 aliphatic heterocycles. The molecule has 1 fully saturated rings. The van der Waals surface area contributed by atoms with Crippen LogP contribution in [-0.2, 0) is 6.42 Å². The number of nitrogens with one attached hydrogen (secondary N) is 1. The van der Waals surface area contributed by atoms with Crippen molar-refractivity contribution in [3.63, 3.8) is 0 Å². The fraction of sp³-hybridized carbons (Fsp3) is 0.360. The molecule has 1 amide bonds. The predicted octanol–water partition coefficient (Wildman–Crippen LogP) is 3.21. The van der Waals surface area contributed by atoms with Gasteiger partial charge in [0.25, 0.3) is 5.91 Å². The van der Waals surface area contributed by atoms with Gasteiger partial charge in [0.2, 0.25) is 5.88 Å². The van der Waals surface area contributed by atoms with Gasteiger partial charge < -0.3 is 19.7 Å². The molecule has 3 aromatic rings. The molecule has 8 nitrogen and oxygen atoms in total. The van der Waals surface area contributed by atoms with Gasteiger partial charge in [-0.05, 0) is 36.6 Å². The van der Waals surface area contributed by atoms with E-state index in [9.17, 15) is 4.79 Å². The van der Waals surface area contributed by atoms with E-state index in [-0.39, 0.29) is 12.0 Å². The molecule has 1 N–H and O–H groups in total. The Kier molecular flexibility index (Phi) is 7.34. The van der Waals surface area contributed by atoms with E-state index in [0.717, 1.165) is 49.5 Å². The molecular formula is C25H29N5O3. The summed E-state index contributed by atoms with van der Waals surface area (Å²) < 4.78 is 11.1. The van der Waals surface area contributed by atoms with Gasteiger partial charge in [0.15, 0.2) is 11.5 Å². The van der Waals surface area contributed by atoms with Crippen molar-refractivity contribution >= 4 is 11.7 Å². The molecule has 1 aromatic carbocycles. The van der Waals surface area contributed by atoms with Crippen LogP contribution < -0.4 is 19.7 Å². The number of pyridine rings is 1. The number of hydrogen-bond acceptors (Lipinski definition) is 7. The van der Waals surface area contributed by atoms with E-state index in [2.05, 4.69) is 25.4 Å². The van der Waals surface area contributed by atoms with E-state index in [1.807, 2.05) is 49.4 Å². The highest BCUT2D eigenvalue weighted by Crippen LogP contribution is 2.24. The quantitative estimate of drug-likeness (QED) is 0.567. The van der Waals surface area contributed by atoms with Crippen molar-refractivity contribution in [2.75, 3.05) is 31.6 Å². The van der Waals surface area contributed by atoms with Crippen molar-refractivity contribution in [1.82, 2.24) is 20.5 Å². The van der Waals surface area contributed by atoms with Gasteiger partial charge in [-0.1, -0.05) is 30.3 Å². The molecule has 0 radical (unpaired) electrons. The van der Waals surface area contributed by atoms with E-state index in [0.29, 0.717) is 18.1 Å². The third-order valence-corrected chi connectivity index (χ3v) is 5.70. The van der Waals surface area contributed by atoms with Crippen molar-refractivity contribution < 1.29 is 14.3 Å². The summed E-state index contributed by atoms with van der Waals surface area (Å²) >= 11 is 0. The van der Waals surface area contributed by atoms with E-state index in [4.69, 9.17) is 9.47 Å². The molecule has 33 heavy (non-hydrogen) atoms. The second kappa shape index (κ2) is 10.8. The van der Waals surface area contributed by atoms with Crippen LogP contribution in [0.15, 0.2) is 54.7 Å². The van der Waals surface area contributed by atoms with Crippen LogP contribution in [0.1, 0.15) is 34.5 Å². The summed E-state index contributed by atoms with van der Waals surface area (Å²) in [7, 11) is 1.59. The first-order valence-electron chi connectivity index (χ1n) is 11.2. The number of ether oxygens (including phenoxy) is 2. The van der Waals surface area contributed by atoms with Gasteiger partial charge in [0.05, 0.1) is 13.3 Å². The average Bonchev–Trinajstić information content (AvgIpc) is 2.86. The SMILES string of the molecule is COc1ccc(OC2CCN(c3nnc(C(=O)NCCc4ccccc4)cc3C)CC2)cn1. The van der Waals surface area contributed by atoms with Gasteiger partial charge in [-0.2, -0.15) is 0 Å². The van der Waals surface area contributed by atoms with Crippen LogP contribution >= 0.6 is 0 Å².